The molecular formula is C15H18FNS. The van der Waals surface area contributed by atoms with E-state index in [1.54, 1.807) is 13.0 Å². The number of hydrogen-bond acceptors (Lipinski definition) is 2. The molecule has 0 amide bonds. The summed E-state index contributed by atoms with van der Waals surface area (Å²) in [4.78, 5) is 2.71. The largest absolute Gasteiger partial charge is 0.378 e. The van der Waals surface area contributed by atoms with E-state index in [1.807, 2.05) is 17.4 Å². The van der Waals surface area contributed by atoms with Crippen LogP contribution in [0.2, 0.25) is 0 Å². The number of thiophene rings is 1. The summed E-state index contributed by atoms with van der Waals surface area (Å²) >= 11 is 1.83. The molecule has 0 aliphatic heterocycles. The summed E-state index contributed by atoms with van der Waals surface area (Å²) in [5, 5.41) is 3.41. The second-order valence-electron chi connectivity index (χ2n) is 4.49. The molecule has 1 unspecified atom stereocenters. The fourth-order valence-electron chi connectivity index (χ4n) is 1.87. The summed E-state index contributed by atoms with van der Waals surface area (Å²) in [6, 6.07) is 9.73. The smallest absolute Gasteiger partial charge is 0.126 e. The second kappa shape index (κ2) is 5.53. The molecule has 1 heterocycles. The van der Waals surface area contributed by atoms with Crippen molar-refractivity contribution in [3.05, 3.63) is 51.5 Å². The molecule has 18 heavy (non-hydrogen) atoms. The van der Waals surface area contributed by atoms with Crippen molar-refractivity contribution < 1.29 is 4.39 Å². The van der Waals surface area contributed by atoms with E-state index in [1.165, 1.54) is 15.8 Å². The van der Waals surface area contributed by atoms with Crippen LogP contribution in [0.1, 0.15) is 35.2 Å². The lowest BCUT2D eigenvalue weighted by molar-refractivity contribution is 0.618. The van der Waals surface area contributed by atoms with Crippen molar-refractivity contribution >= 4 is 17.0 Å². The average molecular weight is 263 g/mol. The first-order chi connectivity index (χ1) is 8.60. The molecule has 0 radical (unpaired) electrons. The van der Waals surface area contributed by atoms with Gasteiger partial charge in [0, 0.05) is 15.4 Å². The van der Waals surface area contributed by atoms with Gasteiger partial charge in [-0.15, -0.1) is 11.3 Å². The Balaban J connectivity index is 2.10. The van der Waals surface area contributed by atoms with Crippen LogP contribution < -0.4 is 5.32 Å². The van der Waals surface area contributed by atoms with Crippen molar-refractivity contribution in [2.75, 3.05) is 5.32 Å². The minimum Gasteiger partial charge on any atom is -0.378 e. The Morgan fingerprint density at radius 1 is 1.28 bits per heavy atom. The Labute approximate surface area is 112 Å². The lowest BCUT2D eigenvalue weighted by Gasteiger charge is -2.14. The lowest BCUT2D eigenvalue weighted by atomic mass is 10.2. The first kappa shape index (κ1) is 13.1. The second-order valence-corrected chi connectivity index (χ2v) is 5.69. The minimum absolute atomic E-state index is 0.155. The van der Waals surface area contributed by atoms with Crippen molar-refractivity contribution in [1.29, 1.82) is 0 Å². The third-order valence-corrected chi connectivity index (χ3v) is 4.41. The maximum Gasteiger partial charge on any atom is 0.126 e. The molecule has 2 aromatic rings. The van der Waals surface area contributed by atoms with Crippen LogP contribution in [0.15, 0.2) is 30.3 Å². The van der Waals surface area contributed by atoms with Gasteiger partial charge in [-0.25, -0.2) is 4.39 Å². The third kappa shape index (κ3) is 2.91. The van der Waals surface area contributed by atoms with E-state index in [0.717, 1.165) is 12.1 Å². The number of anilines is 1. The highest BCUT2D eigenvalue weighted by atomic mass is 32.1. The highest BCUT2D eigenvalue weighted by molar-refractivity contribution is 7.12. The van der Waals surface area contributed by atoms with Crippen LogP contribution in [0.5, 0.6) is 0 Å². The van der Waals surface area contributed by atoms with Gasteiger partial charge >= 0.3 is 0 Å². The van der Waals surface area contributed by atoms with Crippen LogP contribution in [0.25, 0.3) is 0 Å². The molecule has 0 saturated carbocycles. The van der Waals surface area contributed by atoms with Gasteiger partial charge < -0.3 is 5.32 Å². The van der Waals surface area contributed by atoms with E-state index in [2.05, 4.69) is 31.3 Å². The van der Waals surface area contributed by atoms with E-state index >= 15 is 0 Å². The molecule has 0 fully saturated rings. The maximum absolute atomic E-state index is 13.2. The molecule has 0 aliphatic rings. The normalized spacial score (nSPS) is 12.4. The van der Waals surface area contributed by atoms with Gasteiger partial charge in [0.25, 0.3) is 0 Å². The van der Waals surface area contributed by atoms with Gasteiger partial charge in [-0.1, -0.05) is 6.92 Å². The Morgan fingerprint density at radius 2 is 2.06 bits per heavy atom. The van der Waals surface area contributed by atoms with Crippen LogP contribution in [-0.2, 0) is 6.42 Å². The standard InChI is InChI=1S/C15H18FNS/c1-4-13-6-8-15(18-13)11(3)17-12-5-7-14(16)10(2)9-12/h5-9,11,17H,4H2,1-3H3. The van der Waals surface area contributed by atoms with Crippen LogP contribution in [0, 0.1) is 12.7 Å². The Bertz CT molecular complexity index is 533. The van der Waals surface area contributed by atoms with Crippen molar-refractivity contribution in [3.8, 4) is 0 Å². The topological polar surface area (TPSA) is 12.0 Å². The lowest BCUT2D eigenvalue weighted by Crippen LogP contribution is -2.05. The zero-order valence-corrected chi connectivity index (χ0v) is 11.8. The van der Waals surface area contributed by atoms with Crippen LogP contribution in [0.3, 0.4) is 0 Å². The quantitative estimate of drug-likeness (QED) is 0.824. The van der Waals surface area contributed by atoms with Crippen LogP contribution in [0.4, 0.5) is 10.1 Å². The van der Waals surface area contributed by atoms with E-state index in [9.17, 15) is 4.39 Å². The molecule has 0 saturated heterocycles. The van der Waals surface area contributed by atoms with Crippen molar-refractivity contribution in [1.82, 2.24) is 0 Å². The Kier molecular flexibility index (Phi) is 4.02. The first-order valence-electron chi connectivity index (χ1n) is 6.21. The number of rotatable bonds is 4. The fourth-order valence-corrected chi connectivity index (χ4v) is 2.83. The fraction of sp³-hybridized carbons (Fsp3) is 0.333. The zero-order valence-electron chi connectivity index (χ0n) is 11.0. The minimum atomic E-state index is -0.155. The number of halogens is 1. The average Bonchev–Trinajstić information content (AvgIpc) is 2.82. The molecule has 96 valence electrons. The van der Waals surface area contributed by atoms with Crippen molar-refractivity contribution in [3.63, 3.8) is 0 Å². The van der Waals surface area contributed by atoms with Gasteiger partial charge in [-0.3, -0.25) is 0 Å². The first-order valence-corrected chi connectivity index (χ1v) is 7.03. The van der Waals surface area contributed by atoms with Gasteiger partial charge in [0.05, 0.1) is 6.04 Å². The van der Waals surface area contributed by atoms with Gasteiger partial charge in [-0.05, 0) is 56.2 Å². The molecule has 0 bridgehead atoms. The molecule has 1 aromatic heterocycles. The molecular weight excluding hydrogens is 245 g/mol. The predicted molar refractivity (Wildman–Crippen MR) is 76.9 cm³/mol. The van der Waals surface area contributed by atoms with Gasteiger partial charge in [0.2, 0.25) is 0 Å². The molecule has 0 spiro atoms. The molecule has 1 atom stereocenters. The van der Waals surface area contributed by atoms with E-state index in [4.69, 9.17) is 0 Å². The predicted octanol–water partition coefficient (Wildman–Crippen LogP) is 4.93. The molecule has 1 N–H and O–H groups in total. The molecule has 1 nitrogen and oxygen atoms in total. The summed E-state index contributed by atoms with van der Waals surface area (Å²) in [6.07, 6.45) is 1.08. The summed E-state index contributed by atoms with van der Waals surface area (Å²) in [7, 11) is 0. The SMILES string of the molecule is CCc1ccc(C(C)Nc2ccc(F)c(C)c2)s1. The highest BCUT2D eigenvalue weighted by Gasteiger charge is 2.08. The molecule has 0 aliphatic carbocycles. The maximum atomic E-state index is 13.2. The summed E-state index contributed by atoms with van der Waals surface area (Å²) in [5.41, 5.74) is 1.64. The Morgan fingerprint density at radius 3 is 2.67 bits per heavy atom. The monoisotopic (exact) mass is 263 g/mol. The molecule has 2 rings (SSSR count). The van der Waals surface area contributed by atoms with E-state index in [-0.39, 0.29) is 11.9 Å². The van der Waals surface area contributed by atoms with Crippen molar-refractivity contribution in [2.45, 2.75) is 33.2 Å². The molecule has 1 aromatic carbocycles. The Hall–Kier alpha value is -1.35. The summed E-state index contributed by atoms with van der Waals surface area (Å²) < 4.78 is 13.2. The van der Waals surface area contributed by atoms with Gasteiger partial charge in [0.15, 0.2) is 0 Å². The number of benzene rings is 1. The van der Waals surface area contributed by atoms with Crippen molar-refractivity contribution in [2.24, 2.45) is 0 Å². The third-order valence-electron chi connectivity index (χ3n) is 3.00. The number of nitrogens with one attached hydrogen (secondary N) is 1. The van der Waals surface area contributed by atoms with E-state index < -0.39 is 0 Å². The summed E-state index contributed by atoms with van der Waals surface area (Å²) in [6.45, 7) is 6.08. The molecule has 3 heteroatoms. The number of aryl methyl sites for hydroxylation is 2. The zero-order chi connectivity index (χ0) is 13.1. The highest BCUT2D eigenvalue weighted by Crippen LogP contribution is 2.27. The van der Waals surface area contributed by atoms with Gasteiger partial charge in [-0.2, -0.15) is 0 Å². The van der Waals surface area contributed by atoms with Gasteiger partial charge in [0.1, 0.15) is 5.82 Å². The van der Waals surface area contributed by atoms with Crippen LogP contribution >= 0.6 is 11.3 Å². The number of hydrogen-bond donors (Lipinski definition) is 1. The summed E-state index contributed by atoms with van der Waals surface area (Å²) in [5.74, 6) is -0.155. The van der Waals surface area contributed by atoms with E-state index in [0.29, 0.717) is 5.56 Å². The van der Waals surface area contributed by atoms with Crippen LogP contribution in [-0.4, -0.2) is 0 Å².